The molecule has 1 heterocycles. The first-order chi connectivity index (χ1) is 12.9. The minimum Gasteiger partial charge on any atom is -0.497 e. The van der Waals surface area contributed by atoms with Crippen LogP contribution in [-0.2, 0) is 9.59 Å². The van der Waals surface area contributed by atoms with E-state index in [9.17, 15) is 9.59 Å². The smallest absolute Gasteiger partial charge is 0.229 e. The molecule has 2 amide bonds. The van der Waals surface area contributed by atoms with Crippen LogP contribution in [0.4, 0.5) is 11.4 Å². The second-order valence-electron chi connectivity index (χ2n) is 6.39. The highest BCUT2D eigenvalue weighted by molar-refractivity contribution is 6.30. The average Bonchev–Trinajstić information content (AvgIpc) is 3.05. The van der Waals surface area contributed by atoms with Gasteiger partial charge in [-0.3, -0.25) is 9.59 Å². The van der Waals surface area contributed by atoms with Crippen molar-refractivity contribution >= 4 is 34.8 Å². The number of anilines is 2. The lowest BCUT2D eigenvalue weighted by Gasteiger charge is -2.20. The van der Waals surface area contributed by atoms with Crippen molar-refractivity contribution in [2.75, 3.05) is 31.0 Å². The molecule has 0 aliphatic carbocycles. The number of amides is 2. The summed E-state index contributed by atoms with van der Waals surface area (Å²) in [4.78, 5) is 26.8. The zero-order valence-corrected chi connectivity index (χ0v) is 16.2. The lowest BCUT2D eigenvalue weighted by molar-refractivity contribution is -0.122. The number of nitrogens with one attached hydrogen (secondary N) is 1. The lowest BCUT2D eigenvalue weighted by atomic mass is 10.1. The number of halogens is 1. The number of benzene rings is 2. The average molecular weight is 389 g/mol. The van der Waals surface area contributed by atoms with Crippen LogP contribution in [0.15, 0.2) is 36.4 Å². The molecule has 1 N–H and O–H groups in total. The summed E-state index contributed by atoms with van der Waals surface area (Å²) in [5.74, 6) is 0.404. The number of hydrogen-bond donors (Lipinski definition) is 1. The van der Waals surface area contributed by atoms with E-state index in [2.05, 4.69) is 5.32 Å². The standard InChI is InChI=1S/C20H21ClN2O4/c1-12-8-14(21)4-6-16(12)22-20(25)13-9-19(24)23(11-13)17-7-5-15(26-2)10-18(17)27-3/h4-8,10,13H,9,11H2,1-3H3,(H,22,25). The Bertz CT molecular complexity index is 884. The van der Waals surface area contributed by atoms with Gasteiger partial charge in [0.15, 0.2) is 0 Å². The van der Waals surface area contributed by atoms with Crippen molar-refractivity contribution in [1.29, 1.82) is 0 Å². The van der Waals surface area contributed by atoms with Gasteiger partial charge in [-0.25, -0.2) is 0 Å². The summed E-state index contributed by atoms with van der Waals surface area (Å²) in [5.41, 5.74) is 2.19. The fourth-order valence-corrected chi connectivity index (χ4v) is 3.35. The molecule has 1 aliphatic heterocycles. The van der Waals surface area contributed by atoms with Crippen molar-refractivity contribution in [3.8, 4) is 11.5 Å². The van der Waals surface area contributed by atoms with Gasteiger partial charge in [-0.05, 0) is 42.8 Å². The summed E-state index contributed by atoms with van der Waals surface area (Å²) in [6, 6.07) is 10.5. The van der Waals surface area contributed by atoms with E-state index in [1.165, 1.54) is 7.11 Å². The Kier molecular flexibility index (Phi) is 5.56. The number of nitrogens with zero attached hydrogens (tertiary/aromatic N) is 1. The van der Waals surface area contributed by atoms with Crippen LogP contribution >= 0.6 is 11.6 Å². The second kappa shape index (κ2) is 7.88. The number of ether oxygens (including phenoxy) is 2. The topological polar surface area (TPSA) is 67.9 Å². The molecule has 3 rings (SSSR count). The molecule has 7 heteroatoms. The first-order valence-corrected chi connectivity index (χ1v) is 8.90. The largest absolute Gasteiger partial charge is 0.497 e. The fourth-order valence-electron chi connectivity index (χ4n) is 3.13. The molecule has 1 saturated heterocycles. The lowest BCUT2D eigenvalue weighted by Crippen LogP contribution is -2.28. The summed E-state index contributed by atoms with van der Waals surface area (Å²) >= 11 is 5.95. The summed E-state index contributed by atoms with van der Waals surface area (Å²) in [5, 5.41) is 3.50. The van der Waals surface area contributed by atoms with Gasteiger partial charge >= 0.3 is 0 Å². The SMILES string of the molecule is COc1ccc(N2CC(C(=O)Nc3ccc(Cl)cc3C)CC2=O)c(OC)c1. The molecule has 0 bridgehead atoms. The number of methoxy groups -OCH3 is 2. The molecule has 1 unspecified atom stereocenters. The molecule has 6 nitrogen and oxygen atoms in total. The Hall–Kier alpha value is -2.73. The van der Waals surface area contributed by atoms with E-state index < -0.39 is 5.92 Å². The van der Waals surface area contributed by atoms with Crippen LogP contribution in [0.5, 0.6) is 11.5 Å². The van der Waals surface area contributed by atoms with Gasteiger partial charge in [-0.1, -0.05) is 11.6 Å². The Morgan fingerprint density at radius 2 is 1.96 bits per heavy atom. The number of aryl methyl sites for hydroxylation is 1. The first-order valence-electron chi connectivity index (χ1n) is 8.52. The minimum absolute atomic E-state index is 0.119. The third kappa shape index (κ3) is 4.01. The number of hydrogen-bond acceptors (Lipinski definition) is 4. The van der Waals surface area contributed by atoms with Gasteiger partial charge in [0.1, 0.15) is 11.5 Å². The van der Waals surface area contributed by atoms with Crippen molar-refractivity contribution in [3.63, 3.8) is 0 Å². The van der Waals surface area contributed by atoms with Crippen LogP contribution in [0, 0.1) is 12.8 Å². The molecule has 142 valence electrons. The maximum Gasteiger partial charge on any atom is 0.229 e. The fraction of sp³-hybridized carbons (Fsp3) is 0.300. The van der Waals surface area contributed by atoms with E-state index in [4.69, 9.17) is 21.1 Å². The van der Waals surface area contributed by atoms with Gasteiger partial charge in [-0.2, -0.15) is 0 Å². The molecule has 27 heavy (non-hydrogen) atoms. The van der Waals surface area contributed by atoms with E-state index >= 15 is 0 Å². The van der Waals surface area contributed by atoms with Gasteiger partial charge in [0, 0.05) is 29.7 Å². The van der Waals surface area contributed by atoms with E-state index in [0.29, 0.717) is 34.4 Å². The quantitative estimate of drug-likeness (QED) is 0.848. The molecule has 0 spiro atoms. The maximum absolute atomic E-state index is 12.7. The van der Waals surface area contributed by atoms with Crippen molar-refractivity contribution in [1.82, 2.24) is 0 Å². The Morgan fingerprint density at radius 1 is 1.19 bits per heavy atom. The summed E-state index contributed by atoms with van der Waals surface area (Å²) in [6.45, 7) is 2.16. The van der Waals surface area contributed by atoms with Crippen LogP contribution in [0.1, 0.15) is 12.0 Å². The molecule has 0 saturated carbocycles. The number of carbonyl (C=O) groups is 2. The predicted molar refractivity (Wildman–Crippen MR) is 105 cm³/mol. The molecule has 2 aromatic carbocycles. The molecular weight excluding hydrogens is 368 g/mol. The van der Waals surface area contributed by atoms with Crippen LogP contribution in [0.3, 0.4) is 0 Å². The summed E-state index contributed by atoms with van der Waals surface area (Å²) < 4.78 is 10.6. The van der Waals surface area contributed by atoms with Crippen molar-refractivity contribution in [2.24, 2.45) is 5.92 Å². The highest BCUT2D eigenvalue weighted by Gasteiger charge is 2.36. The van der Waals surface area contributed by atoms with Crippen molar-refractivity contribution in [2.45, 2.75) is 13.3 Å². The van der Waals surface area contributed by atoms with Gasteiger partial charge in [0.05, 0.1) is 25.8 Å². The predicted octanol–water partition coefficient (Wildman–Crippen LogP) is 3.66. The van der Waals surface area contributed by atoms with Crippen molar-refractivity contribution in [3.05, 3.63) is 47.0 Å². The van der Waals surface area contributed by atoms with E-state index in [-0.39, 0.29) is 18.2 Å². The molecule has 0 aromatic heterocycles. The van der Waals surface area contributed by atoms with Gasteiger partial charge in [0.2, 0.25) is 11.8 Å². The Balaban J connectivity index is 1.76. The summed E-state index contributed by atoms with van der Waals surface area (Å²) in [6.07, 6.45) is 0.146. The maximum atomic E-state index is 12.7. The second-order valence-corrected chi connectivity index (χ2v) is 6.83. The van der Waals surface area contributed by atoms with Gasteiger partial charge in [-0.15, -0.1) is 0 Å². The van der Waals surface area contributed by atoms with E-state index in [1.54, 1.807) is 48.4 Å². The van der Waals surface area contributed by atoms with Crippen LogP contribution in [0.25, 0.3) is 0 Å². The normalized spacial score (nSPS) is 16.4. The highest BCUT2D eigenvalue weighted by Crippen LogP contribution is 2.36. The molecular formula is C20H21ClN2O4. The molecule has 0 radical (unpaired) electrons. The van der Waals surface area contributed by atoms with E-state index in [1.807, 2.05) is 6.92 Å². The minimum atomic E-state index is -0.445. The Labute approximate surface area is 163 Å². The third-order valence-electron chi connectivity index (χ3n) is 4.62. The monoisotopic (exact) mass is 388 g/mol. The molecule has 2 aromatic rings. The van der Waals surface area contributed by atoms with Crippen LogP contribution < -0.4 is 19.7 Å². The number of rotatable bonds is 5. The van der Waals surface area contributed by atoms with Crippen molar-refractivity contribution < 1.29 is 19.1 Å². The summed E-state index contributed by atoms with van der Waals surface area (Å²) in [7, 11) is 3.10. The third-order valence-corrected chi connectivity index (χ3v) is 4.85. The molecule has 1 aliphatic rings. The van der Waals surface area contributed by atoms with E-state index in [0.717, 1.165) is 5.56 Å². The highest BCUT2D eigenvalue weighted by atomic mass is 35.5. The zero-order chi connectivity index (χ0) is 19.6. The van der Waals surface area contributed by atoms with Gasteiger partial charge in [0.25, 0.3) is 0 Å². The zero-order valence-electron chi connectivity index (χ0n) is 15.4. The van der Waals surface area contributed by atoms with Crippen LogP contribution in [0.2, 0.25) is 5.02 Å². The first kappa shape index (κ1) is 19.0. The van der Waals surface area contributed by atoms with Crippen LogP contribution in [-0.4, -0.2) is 32.6 Å². The molecule has 1 atom stereocenters. The molecule has 1 fully saturated rings. The Morgan fingerprint density at radius 3 is 2.63 bits per heavy atom. The van der Waals surface area contributed by atoms with Gasteiger partial charge < -0.3 is 19.7 Å². The number of carbonyl (C=O) groups excluding carboxylic acids is 2.